The number of rotatable bonds is 4. The predicted molar refractivity (Wildman–Crippen MR) is 50.1 cm³/mol. The second kappa shape index (κ2) is 4.24. The molecule has 0 aliphatic rings. The van der Waals surface area contributed by atoms with Gasteiger partial charge in [0.1, 0.15) is 0 Å². The molecule has 0 fully saturated rings. The zero-order valence-corrected chi connectivity index (χ0v) is 8.90. The summed E-state index contributed by atoms with van der Waals surface area (Å²) in [5.41, 5.74) is 0. The Morgan fingerprint density at radius 1 is 1.00 bits per heavy atom. The van der Waals surface area contributed by atoms with E-state index in [-0.39, 0.29) is 12.1 Å². The van der Waals surface area contributed by atoms with Gasteiger partial charge in [0.05, 0.1) is 0 Å². The van der Waals surface area contributed by atoms with Gasteiger partial charge in [0.2, 0.25) is 7.44 Å². The van der Waals surface area contributed by atoms with Gasteiger partial charge < -0.3 is 0 Å². The fourth-order valence-electron chi connectivity index (χ4n) is 1.02. The average Bonchev–Trinajstić information content (AvgIpc) is 1.53. The van der Waals surface area contributed by atoms with Crippen molar-refractivity contribution in [2.24, 2.45) is 0 Å². The van der Waals surface area contributed by atoms with Crippen LogP contribution in [0.25, 0.3) is 0 Å². The highest BCUT2D eigenvalue weighted by Gasteiger charge is 2.15. The van der Waals surface area contributed by atoms with Crippen molar-refractivity contribution >= 4 is 7.44 Å². The van der Waals surface area contributed by atoms with Gasteiger partial charge in [0.15, 0.2) is 0 Å². The first-order valence-corrected chi connectivity index (χ1v) is 6.12. The molecule has 0 atom stereocenters. The fourth-order valence-corrected chi connectivity index (χ4v) is 3.07. The Balaban J connectivity index is 3.91. The van der Waals surface area contributed by atoms with Gasteiger partial charge in [-0.1, -0.05) is 0 Å². The number of hydrogen-bond acceptors (Lipinski definition) is 1. The Hall–Kier alpha value is 0.150. The molecule has 0 radical (unpaired) electrons. The Morgan fingerprint density at radius 2 is 1.27 bits per heavy atom. The van der Waals surface area contributed by atoms with E-state index >= 15 is 0 Å². The lowest BCUT2D eigenvalue weighted by molar-refractivity contribution is 0.540. The zero-order valence-electron chi connectivity index (χ0n) is 8.01. The van der Waals surface area contributed by atoms with Crippen LogP contribution in [-0.2, 0) is 4.57 Å². The van der Waals surface area contributed by atoms with Crippen molar-refractivity contribution < 1.29 is 4.57 Å². The molecule has 2 N–H and O–H groups in total. The highest BCUT2D eigenvalue weighted by Crippen LogP contribution is 2.31. The van der Waals surface area contributed by atoms with Crippen molar-refractivity contribution in [2.45, 2.75) is 39.8 Å². The predicted octanol–water partition coefficient (Wildman–Crippen LogP) is 1.81. The largest absolute Gasteiger partial charge is 0.290 e. The summed E-state index contributed by atoms with van der Waals surface area (Å²) in [6.45, 7) is 9.65. The molecule has 0 unspecified atom stereocenters. The van der Waals surface area contributed by atoms with E-state index < -0.39 is 7.44 Å². The molecule has 0 amide bonds. The van der Waals surface area contributed by atoms with Gasteiger partial charge in [-0.2, -0.15) is 0 Å². The molecule has 0 aromatic heterocycles. The highest BCUT2D eigenvalue weighted by atomic mass is 31.2. The minimum Gasteiger partial charge on any atom is -0.290 e. The molecular weight excluding hydrogens is 159 g/mol. The first-order valence-electron chi connectivity index (χ1n) is 3.96. The third-order valence-corrected chi connectivity index (χ3v) is 3.03. The maximum Gasteiger partial charge on any atom is 0.208 e. The zero-order chi connectivity index (χ0) is 9.07. The van der Waals surface area contributed by atoms with Gasteiger partial charge >= 0.3 is 0 Å². The standard InChI is InChI=1S/C7H19N2OP/c1-6(2)8-11(5,10)9-7(3)4/h6-7H,1-5H3,(H2,8,9,10). The third-order valence-electron chi connectivity index (χ3n) is 1.01. The summed E-state index contributed by atoms with van der Waals surface area (Å²) in [5.74, 6) is 0. The summed E-state index contributed by atoms with van der Waals surface area (Å²) in [6, 6.07) is 0.522. The molecule has 0 bridgehead atoms. The van der Waals surface area contributed by atoms with Crippen molar-refractivity contribution in [1.29, 1.82) is 0 Å². The van der Waals surface area contributed by atoms with Crippen LogP contribution in [0.3, 0.4) is 0 Å². The van der Waals surface area contributed by atoms with Crippen LogP contribution in [0.1, 0.15) is 27.7 Å². The summed E-state index contributed by atoms with van der Waals surface area (Å²) in [7, 11) is -2.30. The molecule has 0 saturated carbocycles. The van der Waals surface area contributed by atoms with Crippen LogP contribution in [0.15, 0.2) is 0 Å². The van der Waals surface area contributed by atoms with Gasteiger partial charge in [-0.25, -0.2) is 0 Å². The summed E-state index contributed by atoms with van der Waals surface area (Å²) in [6.07, 6.45) is 0. The van der Waals surface area contributed by atoms with Crippen LogP contribution in [0.2, 0.25) is 0 Å². The van der Waals surface area contributed by atoms with Crippen molar-refractivity contribution in [3.05, 3.63) is 0 Å². The molecular formula is C7H19N2OP. The van der Waals surface area contributed by atoms with E-state index in [1.807, 2.05) is 27.7 Å². The van der Waals surface area contributed by atoms with Crippen LogP contribution in [0.5, 0.6) is 0 Å². The van der Waals surface area contributed by atoms with E-state index in [0.29, 0.717) is 0 Å². The second-order valence-corrected chi connectivity index (χ2v) is 5.86. The van der Waals surface area contributed by atoms with E-state index in [1.54, 1.807) is 6.66 Å². The third kappa shape index (κ3) is 6.54. The fraction of sp³-hybridized carbons (Fsp3) is 1.00. The van der Waals surface area contributed by atoms with E-state index in [1.165, 1.54) is 0 Å². The molecule has 0 aliphatic heterocycles. The molecule has 0 aromatic carbocycles. The molecule has 0 heterocycles. The van der Waals surface area contributed by atoms with Gasteiger partial charge in [-0.3, -0.25) is 14.7 Å². The van der Waals surface area contributed by atoms with Crippen LogP contribution >= 0.6 is 7.44 Å². The smallest absolute Gasteiger partial charge is 0.208 e. The lowest BCUT2D eigenvalue weighted by Crippen LogP contribution is -2.30. The number of hydrogen-bond donors (Lipinski definition) is 2. The molecule has 4 heteroatoms. The van der Waals surface area contributed by atoms with Gasteiger partial charge in [0.25, 0.3) is 0 Å². The highest BCUT2D eigenvalue weighted by molar-refractivity contribution is 7.59. The van der Waals surface area contributed by atoms with E-state index in [0.717, 1.165) is 0 Å². The first-order chi connectivity index (χ1) is 4.83. The Kier molecular flexibility index (Phi) is 4.30. The van der Waals surface area contributed by atoms with Gasteiger partial charge in [-0.05, 0) is 27.7 Å². The molecule has 11 heavy (non-hydrogen) atoms. The maximum atomic E-state index is 11.6. The molecule has 0 saturated heterocycles. The number of nitrogens with one attached hydrogen (secondary N) is 2. The second-order valence-electron chi connectivity index (χ2n) is 3.49. The quantitative estimate of drug-likeness (QED) is 0.645. The average molecular weight is 178 g/mol. The monoisotopic (exact) mass is 178 g/mol. The Bertz CT molecular complexity index is 143. The van der Waals surface area contributed by atoms with Crippen molar-refractivity contribution in [1.82, 2.24) is 10.2 Å². The SMILES string of the molecule is CC(C)NP(C)(=O)NC(C)C. The minimum atomic E-state index is -2.30. The van der Waals surface area contributed by atoms with Crippen LogP contribution in [0, 0.1) is 0 Å². The summed E-state index contributed by atoms with van der Waals surface area (Å²) >= 11 is 0. The Labute approximate surface area is 69.4 Å². The van der Waals surface area contributed by atoms with Gasteiger partial charge in [0, 0.05) is 18.7 Å². The molecule has 0 aliphatic carbocycles. The molecule has 3 nitrogen and oxygen atoms in total. The molecule has 0 rings (SSSR count). The van der Waals surface area contributed by atoms with Crippen LogP contribution in [0.4, 0.5) is 0 Å². The van der Waals surface area contributed by atoms with E-state index in [9.17, 15) is 4.57 Å². The van der Waals surface area contributed by atoms with E-state index in [2.05, 4.69) is 10.2 Å². The summed E-state index contributed by atoms with van der Waals surface area (Å²) in [5, 5.41) is 5.99. The lowest BCUT2D eigenvalue weighted by Gasteiger charge is -2.20. The molecule has 0 aromatic rings. The van der Waals surface area contributed by atoms with Crippen LogP contribution < -0.4 is 10.2 Å². The summed E-state index contributed by atoms with van der Waals surface area (Å²) < 4.78 is 11.6. The lowest BCUT2D eigenvalue weighted by atomic mass is 10.4. The van der Waals surface area contributed by atoms with Gasteiger partial charge in [-0.15, -0.1) is 0 Å². The normalized spacial score (nSPS) is 13.0. The Morgan fingerprint density at radius 3 is 1.45 bits per heavy atom. The van der Waals surface area contributed by atoms with E-state index in [4.69, 9.17) is 0 Å². The molecule has 68 valence electrons. The van der Waals surface area contributed by atoms with Crippen molar-refractivity contribution in [3.8, 4) is 0 Å². The molecule has 0 spiro atoms. The first kappa shape index (κ1) is 11.2. The van der Waals surface area contributed by atoms with Crippen molar-refractivity contribution in [3.63, 3.8) is 0 Å². The minimum absolute atomic E-state index is 0.261. The maximum absolute atomic E-state index is 11.6. The topological polar surface area (TPSA) is 41.1 Å². The van der Waals surface area contributed by atoms with Crippen LogP contribution in [-0.4, -0.2) is 18.7 Å². The summed E-state index contributed by atoms with van der Waals surface area (Å²) in [4.78, 5) is 0. The van der Waals surface area contributed by atoms with Crippen molar-refractivity contribution in [2.75, 3.05) is 6.66 Å².